The number of hydrogen-bond acceptors (Lipinski definition) is 5. The number of nitrogens with zero attached hydrogens (tertiary/aromatic N) is 2. The van der Waals surface area contributed by atoms with Gasteiger partial charge in [-0.15, -0.1) is 0 Å². The molecule has 0 fully saturated rings. The highest BCUT2D eigenvalue weighted by atomic mass is 19.1. The van der Waals surface area contributed by atoms with Crippen molar-refractivity contribution in [2.24, 2.45) is 0 Å². The normalized spacial score (nSPS) is 9.90. The van der Waals surface area contributed by atoms with Crippen LogP contribution in [-0.2, 0) is 6.61 Å². The molecule has 0 spiro atoms. The maximum absolute atomic E-state index is 13.6. The average Bonchev–Trinajstić information content (AvgIpc) is 2.47. The van der Waals surface area contributed by atoms with E-state index in [-0.39, 0.29) is 29.3 Å². The second-order valence-corrected chi connectivity index (χ2v) is 4.20. The summed E-state index contributed by atoms with van der Waals surface area (Å²) < 4.78 is 18.9. The quantitative estimate of drug-likeness (QED) is 0.529. The second-order valence-electron chi connectivity index (χ2n) is 4.20. The SMILES string of the molecule is N#Cc1ccc(OCc2ccc(N)c([N+](=O)[O-])c2)c(F)c1. The molecule has 0 heterocycles. The number of nitrogens with two attached hydrogens (primary N) is 1. The van der Waals surface area contributed by atoms with E-state index in [1.54, 1.807) is 6.07 Å². The van der Waals surface area contributed by atoms with E-state index in [9.17, 15) is 14.5 Å². The summed E-state index contributed by atoms with van der Waals surface area (Å²) in [7, 11) is 0. The maximum atomic E-state index is 13.6. The molecule has 0 radical (unpaired) electrons. The van der Waals surface area contributed by atoms with Gasteiger partial charge in [-0.1, -0.05) is 6.07 Å². The first-order valence-corrected chi connectivity index (χ1v) is 5.86. The number of hydrogen-bond donors (Lipinski definition) is 1. The molecule has 2 aromatic carbocycles. The summed E-state index contributed by atoms with van der Waals surface area (Å²) in [4.78, 5) is 10.2. The van der Waals surface area contributed by atoms with Gasteiger partial charge in [-0.3, -0.25) is 10.1 Å². The average molecular weight is 287 g/mol. The van der Waals surface area contributed by atoms with E-state index in [1.807, 2.05) is 6.07 Å². The number of benzene rings is 2. The van der Waals surface area contributed by atoms with Gasteiger partial charge in [0.05, 0.1) is 16.6 Å². The van der Waals surface area contributed by atoms with E-state index in [2.05, 4.69) is 0 Å². The van der Waals surface area contributed by atoms with Crippen LogP contribution in [0.4, 0.5) is 15.8 Å². The van der Waals surface area contributed by atoms with Crippen LogP contribution in [0.1, 0.15) is 11.1 Å². The number of nitriles is 1. The number of nitro benzene ring substituents is 1. The standard InChI is InChI=1S/C14H10FN3O3/c15-11-5-9(7-16)2-4-14(11)21-8-10-1-3-12(17)13(6-10)18(19)20/h1-6H,8,17H2. The van der Waals surface area contributed by atoms with Gasteiger partial charge < -0.3 is 10.5 Å². The molecule has 0 aliphatic carbocycles. The fourth-order valence-corrected chi connectivity index (χ4v) is 1.69. The molecule has 0 amide bonds. The number of halogens is 1. The second kappa shape index (κ2) is 5.88. The minimum Gasteiger partial charge on any atom is -0.486 e. The van der Waals surface area contributed by atoms with Crippen LogP contribution in [0.3, 0.4) is 0 Å². The van der Waals surface area contributed by atoms with Crippen LogP contribution in [0.2, 0.25) is 0 Å². The van der Waals surface area contributed by atoms with E-state index in [0.29, 0.717) is 5.56 Å². The number of nitro groups is 1. The largest absolute Gasteiger partial charge is 0.486 e. The molecular weight excluding hydrogens is 277 g/mol. The summed E-state index contributed by atoms with van der Waals surface area (Å²) in [5.74, 6) is -0.701. The van der Waals surface area contributed by atoms with E-state index >= 15 is 0 Å². The minimum atomic E-state index is -0.668. The lowest BCUT2D eigenvalue weighted by molar-refractivity contribution is -0.384. The molecule has 0 aromatic heterocycles. The zero-order valence-corrected chi connectivity index (χ0v) is 10.7. The van der Waals surface area contributed by atoms with Gasteiger partial charge in [0, 0.05) is 6.07 Å². The van der Waals surface area contributed by atoms with Gasteiger partial charge in [-0.2, -0.15) is 5.26 Å². The molecule has 7 heteroatoms. The smallest absolute Gasteiger partial charge is 0.292 e. The van der Waals surface area contributed by atoms with Crippen molar-refractivity contribution >= 4 is 11.4 Å². The first-order valence-electron chi connectivity index (χ1n) is 5.86. The van der Waals surface area contributed by atoms with Gasteiger partial charge >= 0.3 is 0 Å². The lowest BCUT2D eigenvalue weighted by Gasteiger charge is -2.08. The van der Waals surface area contributed by atoms with Crippen LogP contribution < -0.4 is 10.5 Å². The van der Waals surface area contributed by atoms with Crippen LogP contribution in [0, 0.1) is 27.3 Å². The molecular formula is C14H10FN3O3. The Labute approximate surface area is 119 Å². The van der Waals surface area contributed by atoms with Crippen LogP contribution in [0.5, 0.6) is 5.75 Å². The third-order valence-corrected chi connectivity index (χ3v) is 2.75. The lowest BCUT2D eigenvalue weighted by Crippen LogP contribution is -2.01. The molecule has 2 N–H and O–H groups in total. The van der Waals surface area contributed by atoms with Crippen molar-refractivity contribution in [1.29, 1.82) is 5.26 Å². The maximum Gasteiger partial charge on any atom is 0.292 e. The molecule has 0 aliphatic heterocycles. The van der Waals surface area contributed by atoms with Gasteiger partial charge in [-0.05, 0) is 29.8 Å². The Morgan fingerprint density at radius 3 is 2.71 bits per heavy atom. The van der Waals surface area contributed by atoms with Crippen molar-refractivity contribution in [3.05, 3.63) is 63.5 Å². The molecule has 106 valence electrons. The van der Waals surface area contributed by atoms with Gasteiger partial charge in [0.15, 0.2) is 11.6 Å². The number of rotatable bonds is 4. The third-order valence-electron chi connectivity index (χ3n) is 2.75. The molecule has 6 nitrogen and oxygen atoms in total. The Hall–Kier alpha value is -3.14. The van der Waals surface area contributed by atoms with Crippen molar-refractivity contribution in [3.8, 4) is 11.8 Å². The van der Waals surface area contributed by atoms with Gasteiger partial charge in [0.1, 0.15) is 12.3 Å². The van der Waals surface area contributed by atoms with E-state index in [1.165, 1.54) is 24.3 Å². The zero-order valence-electron chi connectivity index (χ0n) is 10.7. The third kappa shape index (κ3) is 3.25. The Kier molecular flexibility index (Phi) is 4.00. The zero-order chi connectivity index (χ0) is 15.4. The van der Waals surface area contributed by atoms with E-state index in [4.69, 9.17) is 15.7 Å². The number of anilines is 1. The first kappa shape index (κ1) is 14.3. The molecule has 0 atom stereocenters. The summed E-state index contributed by atoms with van der Waals surface area (Å²) in [5, 5.41) is 19.4. The fourth-order valence-electron chi connectivity index (χ4n) is 1.69. The van der Waals surface area contributed by atoms with Crippen molar-refractivity contribution < 1.29 is 14.1 Å². The molecule has 0 bridgehead atoms. The lowest BCUT2D eigenvalue weighted by atomic mass is 10.2. The van der Waals surface area contributed by atoms with E-state index < -0.39 is 10.7 Å². The first-order chi connectivity index (χ1) is 10.0. The van der Waals surface area contributed by atoms with Crippen molar-refractivity contribution in [2.75, 3.05) is 5.73 Å². The fraction of sp³-hybridized carbons (Fsp3) is 0.0714. The van der Waals surface area contributed by atoms with Gasteiger partial charge in [-0.25, -0.2) is 4.39 Å². The molecule has 0 saturated carbocycles. The van der Waals surface area contributed by atoms with Crippen LogP contribution >= 0.6 is 0 Å². The predicted molar refractivity (Wildman–Crippen MR) is 73.0 cm³/mol. The summed E-state index contributed by atoms with van der Waals surface area (Å²) in [6.45, 7) is -0.0516. The number of nitrogen functional groups attached to an aromatic ring is 1. The monoisotopic (exact) mass is 287 g/mol. The Balaban J connectivity index is 2.15. The van der Waals surface area contributed by atoms with E-state index in [0.717, 1.165) is 6.07 Å². The van der Waals surface area contributed by atoms with Crippen LogP contribution in [-0.4, -0.2) is 4.92 Å². The Morgan fingerprint density at radius 1 is 1.33 bits per heavy atom. The van der Waals surface area contributed by atoms with Crippen LogP contribution in [0.25, 0.3) is 0 Å². The Morgan fingerprint density at radius 2 is 2.10 bits per heavy atom. The predicted octanol–water partition coefficient (Wildman–Crippen LogP) is 2.77. The highest BCUT2D eigenvalue weighted by Gasteiger charge is 2.12. The summed E-state index contributed by atoms with van der Waals surface area (Å²) in [6.07, 6.45) is 0. The Bertz CT molecular complexity index is 741. The van der Waals surface area contributed by atoms with Crippen molar-refractivity contribution in [3.63, 3.8) is 0 Å². The molecule has 0 saturated heterocycles. The molecule has 2 aromatic rings. The number of ether oxygens (including phenoxy) is 1. The van der Waals surface area contributed by atoms with Crippen LogP contribution in [0.15, 0.2) is 36.4 Å². The summed E-state index contributed by atoms with van der Waals surface area (Å²) in [6, 6.07) is 9.85. The summed E-state index contributed by atoms with van der Waals surface area (Å²) >= 11 is 0. The molecule has 0 aliphatic rings. The molecule has 0 unspecified atom stereocenters. The molecule has 2 rings (SSSR count). The molecule has 21 heavy (non-hydrogen) atoms. The minimum absolute atomic E-state index is 0.0338. The topological polar surface area (TPSA) is 102 Å². The highest BCUT2D eigenvalue weighted by molar-refractivity contribution is 5.59. The highest BCUT2D eigenvalue weighted by Crippen LogP contribution is 2.24. The van der Waals surface area contributed by atoms with Gasteiger partial charge in [0.2, 0.25) is 0 Å². The van der Waals surface area contributed by atoms with Crippen molar-refractivity contribution in [2.45, 2.75) is 6.61 Å². The van der Waals surface area contributed by atoms with Crippen molar-refractivity contribution in [1.82, 2.24) is 0 Å². The van der Waals surface area contributed by atoms with Gasteiger partial charge in [0.25, 0.3) is 5.69 Å². The summed E-state index contributed by atoms with van der Waals surface area (Å²) in [5.41, 5.74) is 5.97.